The number of rotatable bonds is 5. The molecule has 0 fully saturated rings. The molecule has 0 aliphatic carbocycles. The van der Waals surface area contributed by atoms with E-state index < -0.39 is 0 Å². The standard InChI is InChI=1S/C12H19NOS/c1-10(9-15-3)13(2)8-11-5-4-6-12(14)7-11/h4-7,10,14H,8-9H2,1-3H3/t10-/m0/s1. The Morgan fingerprint density at radius 2 is 2.20 bits per heavy atom. The van der Waals surface area contributed by atoms with Crippen molar-refractivity contribution in [3.05, 3.63) is 29.8 Å². The highest BCUT2D eigenvalue weighted by atomic mass is 32.2. The summed E-state index contributed by atoms with van der Waals surface area (Å²) in [7, 11) is 2.12. The van der Waals surface area contributed by atoms with Crippen LogP contribution in [-0.4, -0.2) is 35.1 Å². The molecule has 1 atom stereocenters. The van der Waals surface area contributed by atoms with Crippen molar-refractivity contribution in [2.24, 2.45) is 0 Å². The van der Waals surface area contributed by atoms with Gasteiger partial charge in [0, 0.05) is 18.3 Å². The van der Waals surface area contributed by atoms with Crippen LogP contribution < -0.4 is 0 Å². The number of nitrogens with zero attached hydrogens (tertiary/aromatic N) is 1. The largest absolute Gasteiger partial charge is 0.508 e. The summed E-state index contributed by atoms with van der Waals surface area (Å²) >= 11 is 1.86. The Morgan fingerprint density at radius 3 is 2.80 bits per heavy atom. The summed E-state index contributed by atoms with van der Waals surface area (Å²) in [6.45, 7) is 3.11. The molecule has 2 nitrogen and oxygen atoms in total. The first kappa shape index (κ1) is 12.4. The maximum absolute atomic E-state index is 9.35. The highest BCUT2D eigenvalue weighted by Gasteiger charge is 2.08. The lowest BCUT2D eigenvalue weighted by Gasteiger charge is -2.24. The lowest BCUT2D eigenvalue weighted by atomic mass is 10.2. The van der Waals surface area contributed by atoms with Gasteiger partial charge in [0.1, 0.15) is 5.75 Å². The Balaban J connectivity index is 2.54. The normalized spacial score (nSPS) is 13.1. The fraction of sp³-hybridized carbons (Fsp3) is 0.500. The fourth-order valence-corrected chi connectivity index (χ4v) is 2.20. The summed E-state index contributed by atoms with van der Waals surface area (Å²) in [6.07, 6.45) is 2.12. The smallest absolute Gasteiger partial charge is 0.115 e. The molecule has 0 spiro atoms. The number of benzene rings is 1. The van der Waals surface area contributed by atoms with Crippen LogP contribution in [0.1, 0.15) is 12.5 Å². The van der Waals surface area contributed by atoms with Crippen molar-refractivity contribution < 1.29 is 5.11 Å². The van der Waals surface area contributed by atoms with E-state index in [0.29, 0.717) is 11.8 Å². The zero-order valence-corrected chi connectivity index (χ0v) is 10.4. The molecule has 0 heterocycles. The topological polar surface area (TPSA) is 23.5 Å². The van der Waals surface area contributed by atoms with E-state index in [2.05, 4.69) is 25.1 Å². The first-order valence-corrected chi connectivity index (χ1v) is 6.50. The van der Waals surface area contributed by atoms with E-state index in [1.54, 1.807) is 6.07 Å². The van der Waals surface area contributed by atoms with Gasteiger partial charge in [-0.15, -0.1) is 0 Å². The highest BCUT2D eigenvalue weighted by Crippen LogP contribution is 2.14. The van der Waals surface area contributed by atoms with E-state index in [9.17, 15) is 5.11 Å². The Kier molecular flexibility index (Phi) is 4.99. The maximum atomic E-state index is 9.35. The van der Waals surface area contributed by atoms with Gasteiger partial charge in [-0.25, -0.2) is 0 Å². The van der Waals surface area contributed by atoms with Crippen LogP contribution in [0.4, 0.5) is 0 Å². The van der Waals surface area contributed by atoms with Crippen molar-refractivity contribution in [3.63, 3.8) is 0 Å². The molecule has 0 bridgehead atoms. The second kappa shape index (κ2) is 6.03. The monoisotopic (exact) mass is 225 g/mol. The minimum Gasteiger partial charge on any atom is -0.508 e. The van der Waals surface area contributed by atoms with Crippen molar-refractivity contribution in [1.29, 1.82) is 0 Å². The average molecular weight is 225 g/mol. The number of hydrogen-bond acceptors (Lipinski definition) is 3. The van der Waals surface area contributed by atoms with Crippen LogP contribution in [-0.2, 0) is 6.54 Å². The molecule has 0 aliphatic heterocycles. The Morgan fingerprint density at radius 1 is 1.47 bits per heavy atom. The first-order chi connectivity index (χ1) is 7.13. The SMILES string of the molecule is CSC[C@H](C)N(C)Cc1cccc(O)c1. The summed E-state index contributed by atoms with van der Waals surface area (Å²) in [5, 5.41) is 9.35. The molecule has 1 rings (SSSR count). The van der Waals surface area contributed by atoms with E-state index in [1.165, 1.54) is 0 Å². The van der Waals surface area contributed by atoms with Crippen LogP contribution in [0.2, 0.25) is 0 Å². The van der Waals surface area contributed by atoms with Gasteiger partial charge in [-0.2, -0.15) is 11.8 Å². The van der Waals surface area contributed by atoms with Gasteiger partial charge < -0.3 is 5.11 Å². The maximum Gasteiger partial charge on any atom is 0.115 e. The Hall–Kier alpha value is -0.670. The van der Waals surface area contributed by atoms with Crippen LogP contribution in [0.25, 0.3) is 0 Å². The zero-order valence-electron chi connectivity index (χ0n) is 9.60. The fourth-order valence-electron chi connectivity index (χ4n) is 1.47. The van der Waals surface area contributed by atoms with Gasteiger partial charge in [0.2, 0.25) is 0 Å². The molecule has 0 aromatic heterocycles. The number of hydrogen-bond donors (Lipinski definition) is 1. The number of phenolic OH excluding ortho intramolecular Hbond substituents is 1. The van der Waals surface area contributed by atoms with Crippen LogP contribution >= 0.6 is 11.8 Å². The molecule has 0 saturated carbocycles. The van der Waals surface area contributed by atoms with Crippen LogP contribution in [0.3, 0.4) is 0 Å². The second-order valence-corrected chi connectivity index (χ2v) is 4.80. The number of phenols is 1. The van der Waals surface area contributed by atoms with Gasteiger partial charge in [-0.05, 0) is 37.9 Å². The Labute approximate surface area is 96.3 Å². The second-order valence-electron chi connectivity index (χ2n) is 3.89. The quantitative estimate of drug-likeness (QED) is 0.833. The van der Waals surface area contributed by atoms with Crippen molar-refractivity contribution in [3.8, 4) is 5.75 Å². The summed E-state index contributed by atoms with van der Waals surface area (Å²) in [6, 6.07) is 8.01. The summed E-state index contributed by atoms with van der Waals surface area (Å²) in [5.74, 6) is 1.48. The van der Waals surface area contributed by atoms with Crippen LogP contribution in [0.5, 0.6) is 5.75 Å². The molecule has 84 valence electrons. The number of aromatic hydroxyl groups is 1. The van der Waals surface area contributed by atoms with Crippen LogP contribution in [0.15, 0.2) is 24.3 Å². The highest BCUT2D eigenvalue weighted by molar-refractivity contribution is 7.98. The third-order valence-corrected chi connectivity index (χ3v) is 3.32. The third-order valence-electron chi connectivity index (χ3n) is 2.50. The van der Waals surface area contributed by atoms with E-state index >= 15 is 0 Å². The van der Waals surface area contributed by atoms with Gasteiger partial charge >= 0.3 is 0 Å². The minimum absolute atomic E-state index is 0.346. The van der Waals surface area contributed by atoms with Gasteiger partial charge in [-0.1, -0.05) is 12.1 Å². The van der Waals surface area contributed by atoms with E-state index in [0.717, 1.165) is 17.9 Å². The zero-order chi connectivity index (χ0) is 11.3. The molecule has 0 unspecified atom stereocenters. The van der Waals surface area contributed by atoms with Gasteiger partial charge in [0.15, 0.2) is 0 Å². The molecule has 1 aromatic rings. The molecule has 0 amide bonds. The predicted octanol–water partition coefficient (Wildman–Crippen LogP) is 2.58. The lowest BCUT2D eigenvalue weighted by molar-refractivity contribution is 0.269. The first-order valence-electron chi connectivity index (χ1n) is 5.10. The molecule has 1 N–H and O–H groups in total. The molecular formula is C12H19NOS. The summed E-state index contributed by atoms with van der Waals surface area (Å²) in [4.78, 5) is 2.30. The molecule has 0 radical (unpaired) electrons. The predicted molar refractivity (Wildman–Crippen MR) is 67.4 cm³/mol. The summed E-state index contributed by atoms with van der Waals surface area (Å²) < 4.78 is 0. The van der Waals surface area contributed by atoms with Crippen LogP contribution in [0, 0.1) is 0 Å². The Bertz CT molecular complexity index is 303. The lowest BCUT2D eigenvalue weighted by Crippen LogP contribution is -2.30. The molecule has 3 heteroatoms. The molecule has 1 aromatic carbocycles. The molecule has 0 saturated heterocycles. The molecular weight excluding hydrogens is 206 g/mol. The van der Waals surface area contributed by atoms with Crippen molar-refractivity contribution in [2.45, 2.75) is 19.5 Å². The van der Waals surface area contributed by atoms with Crippen molar-refractivity contribution >= 4 is 11.8 Å². The van der Waals surface area contributed by atoms with E-state index in [1.807, 2.05) is 30.0 Å². The van der Waals surface area contributed by atoms with Gasteiger partial charge in [0.05, 0.1) is 0 Å². The summed E-state index contributed by atoms with van der Waals surface area (Å²) in [5.41, 5.74) is 1.16. The van der Waals surface area contributed by atoms with E-state index in [-0.39, 0.29) is 0 Å². The third kappa shape index (κ3) is 4.14. The van der Waals surface area contributed by atoms with E-state index in [4.69, 9.17) is 0 Å². The van der Waals surface area contributed by atoms with Gasteiger partial charge in [0.25, 0.3) is 0 Å². The van der Waals surface area contributed by atoms with Crippen molar-refractivity contribution in [1.82, 2.24) is 4.90 Å². The number of thioether (sulfide) groups is 1. The minimum atomic E-state index is 0.346. The van der Waals surface area contributed by atoms with Crippen molar-refractivity contribution in [2.75, 3.05) is 19.1 Å². The van der Waals surface area contributed by atoms with Gasteiger partial charge in [-0.3, -0.25) is 4.90 Å². The molecule has 0 aliphatic rings. The molecule has 15 heavy (non-hydrogen) atoms. The average Bonchev–Trinajstić information content (AvgIpc) is 2.18.